The van der Waals surface area contributed by atoms with Crippen LogP contribution < -0.4 is 9.47 Å². The summed E-state index contributed by atoms with van der Waals surface area (Å²) in [4.78, 5) is 30.2. The van der Waals surface area contributed by atoms with E-state index in [2.05, 4.69) is 4.90 Å². The van der Waals surface area contributed by atoms with Crippen molar-refractivity contribution in [1.82, 2.24) is 9.80 Å². The van der Waals surface area contributed by atoms with Crippen LogP contribution in [0.2, 0.25) is 0 Å². The van der Waals surface area contributed by atoms with E-state index < -0.39 is 17.7 Å². The number of ketones is 1. The number of hydrogen-bond acceptors (Lipinski definition) is 8. The minimum absolute atomic E-state index is 0.0117. The molecule has 2 aliphatic heterocycles. The number of likely N-dealkylation sites (tertiary alicyclic amines) is 1. The van der Waals surface area contributed by atoms with Crippen LogP contribution in [0.5, 0.6) is 17.2 Å². The van der Waals surface area contributed by atoms with Crippen molar-refractivity contribution in [2.75, 3.05) is 53.1 Å². The fraction of sp³-hybridized carbons (Fsp3) is 0.407. The minimum Gasteiger partial charge on any atom is -0.507 e. The van der Waals surface area contributed by atoms with Crippen LogP contribution in [0.4, 0.5) is 0 Å². The second kappa shape index (κ2) is 11.5. The summed E-state index contributed by atoms with van der Waals surface area (Å²) < 4.78 is 16.4. The van der Waals surface area contributed by atoms with Crippen molar-refractivity contribution in [3.8, 4) is 17.2 Å². The molecule has 2 aromatic carbocycles. The van der Waals surface area contributed by atoms with Crippen LogP contribution >= 0.6 is 0 Å². The molecule has 0 spiro atoms. The average Bonchev–Trinajstić information content (AvgIpc) is 3.16. The highest BCUT2D eigenvalue weighted by Crippen LogP contribution is 2.42. The Hall–Kier alpha value is -3.56. The molecule has 2 fully saturated rings. The van der Waals surface area contributed by atoms with Crippen molar-refractivity contribution in [3.63, 3.8) is 0 Å². The van der Waals surface area contributed by atoms with Crippen molar-refractivity contribution in [2.24, 2.45) is 0 Å². The predicted molar refractivity (Wildman–Crippen MR) is 133 cm³/mol. The molecular weight excluding hydrogens is 464 g/mol. The molecule has 4 rings (SSSR count). The van der Waals surface area contributed by atoms with Crippen molar-refractivity contribution in [1.29, 1.82) is 0 Å². The smallest absolute Gasteiger partial charge is 0.295 e. The molecule has 2 saturated heterocycles. The number of aliphatic hydroxyl groups is 1. The van der Waals surface area contributed by atoms with Gasteiger partial charge in [0, 0.05) is 31.7 Å². The van der Waals surface area contributed by atoms with Crippen LogP contribution in [0.1, 0.15) is 30.5 Å². The quantitative estimate of drug-likeness (QED) is 0.310. The Kier molecular flexibility index (Phi) is 8.12. The number of amides is 1. The van der Waals surface area contributed by atoms with E-state index in [-0.39, 0.29) is 29.4 Å². The maximum atomic E-state index is 13.3. The maximum Gasteiger partial charge on any atom is 0.295 e. The predicted octanol–water partition coefficient (Wildman–Crippen LogP) is 2.94. The summed E-state index contributed by atoms with van der Waals surface area (Å²) in [5, 5.41) is 21.4. The molecule has 0 radical (unpaired) electrons. The van der Waals surface area contributed by atoms with E-state index in [0.717, 1.165) is 19.5 Å². The number of aromatic hydroxyl groups is 1. The lowest BCUT2D eigenvalue weighted by Crippen LogP contribution is -2.42. The molecule has 0 aliphatic carbocycles. The molecule has 0 aromatic heterocycles. The molecule has 2 heterocycles. The molecule has 36 heavy (non-hydrogen) atoms. The third-order valence-electron chi connectivity index (χ3n) is 6.40. The van der Waals surface area contributed by atoms with Crippen LogP contribution in [0.15, 0.2) is 48.0 Å². The molecule has 0 bridgehead atoms. The van der Waals surface area contributed by atoms with Crippen LogP contribution in [0.25, 0.3) is 5.76 Å². The first-order valence-electron chi connectivity index (χ1n) is 12.1. The second-order valence-corrected chi connectivity index (χ2v) is 8.75. The first-order chi connectivity index (χ1) is 17.4. The Morgan fingerprint density at radius 2 is 1.89 bits per heavy atom. The Morgan fingerprint density at radius 3 is 2.61 bits per heavy atom. The summed E-state index contributed by atoms with van der Waals surface area (Å²) >= 11 is 0. The minimum atomic E-state index is -0.847. The number of rotatable bonds is 9. The number of carbonyl (C=O) groups excluding carboxylic acids is 2. The molecule has 2 N–H and O–H groups in total. The van der Waals surface area contributed by atoms with Gasteiger partial charge in [0.15, 0.2) is 11.5 Å². The summed E-state index contributed by atoms with van der Waals surface area (Å²) in [6, 6.07) is 10.6. The maximum absolute atomic E-state index is 13.3. The molecule has 9 heteroatoms. The lowest BCUT2D eigenvalue weighted by Gasteiger charge is -2.31. The number of hydrogen-bond donors (Lipinski definition) is 2. The van der Waals surface area contributed by atoms with Gasteiger partial charge in [0.2, 0.25) is 0 Å². The summed E-state index contributed by atoms with van der Waals surface area (Å²) in [6.07, 6.45) is 0.827. The number of phenols is 1. The van der Waals surface area contributed by atoms with Gasteiger partial charge in [-0.05, 0) is 36.2 Å². The summed E-state index contributed by atoms with van der Waals surface area (Å²) in [6.45, 7) is 6.08. The van der Waals surface area contributed by atoms with Gasteiger partial charge in [0.25, 0.3) is 11.7 Å². The molecule has 192 valence electrons. The molecule has 2 aliphatic rings. The number of benzene rings is 2. The van der Waals surface area contributed by atoms with Gasteiger partial charge < -0.3 is 29.3 Å². The topological polar surface area (TPSA) is 109 Å². The van der Waals surface area contributed by atoms with E-state index in [1.165, 1.54) is 18.1 Å². The van der Waals surface area contributed by atoms with Gasteiger partial charge in [-0.15, -0.1) is 0 Å². The number of methoxy groups -OCH3 is 1. The standard InChI is InChI=1S/C27H32N2O7/c1-3-13-36-20-6-4-5-19(16-20)25(31)23-24(18-7-8-21(30)22(17-18)34-2)29(27(33)26(23)32)10-9-28-11-14-35-15-12-28/h4-8,16-17,24,30-31H,3,9-15H2,1-2H3. The van der Waals surface area contributed by atoms with Crippen LogP contribution in [-0.2, 0) is 14.3 Å². The van der Waals surface area contributed by atoms with Crippen LogP contribution in [-0.4, -0.2) is 84.8 Å². The van der Waals surface area contributed by atoms with Gasteiger partial charge >= 0.3 is 0 Å². The van der Waals surface area contributed by atoms with E-state index in [4.69, 9.17) is 14.2 Å². The zero-order chi connectivity index (χ0) is 25.7. The summed E-state index contributed by atoms with van der Waals surface area (Å²) in [5.41, 5.74) is 0.915. The Bertz CT molecular complexity index is 1140. The molecular formula is C27H32N2O7. The lowest BCUT2D eigenvalue weighted by atomic mass is 9.95. The second-order valence-electron chi connectivity index (χ2n) is 8.75. The van der Waals surface area contributed by atoms with Crippen molar-refractivity contribution >= 4 is 17.4 Å². The van der Waals surface area contributed by atoms with E-state index in [9.17, 15) is 19.8 Å². The molecule has 1 unspecified atom stereocenters. The number of morpholine rings is 1. The molecule has 9 nitrogen and oxygen atoms in total. The van der Waals surface area contributed by atoms with Gasteiger partial charge in [-0.3, -0.25) is 14.5 Å². The Labute approximate surface area is 210 Å². The molecule has 2 aromatic rings. The zero-order valence-corrected chi connectivity index (χ0v) is 20.6. The first-order valence-corrected chi connectivity index (χ1v) is 12.1. The number of phenolic OH excluding ortho intramolecular Hbond substituents is 1. The SMILES string of the molecule is CCCOc1cccc(C(O)=C2C(=O)C(=O)N(CCN3CCOCC3)C2c2ccc(O)c(OC)c2)c1. The highest BCUT2D eigenvalue weighted by molar-refractivity contribution is 6.46. The molecule has 1 atom stereocenters. The third kappa shape index (κ3) is 5.32. The number of nitrogens with zero attached hydrogens (tertiary/aromatic N) is 2. The van der Waals surface area contributed by atoms with Gasteiger partial charge in [0.05, 0.1) is 38.5 Å². The fourth-order valence-electron chi connectivity index (χ4n) is 4.50. The third-order valence-corrected chi connectivity index (χ3v) is 6.40. The normalized spacial score (nSPS) is 20.1. The summed E-state index contributed by atoms with van der Waals surface area (Å²) in [5.74, 6) is -1.01. The van der Waals surface area contributed by atoms with E-state index >= 15 is 0 Å². The van der Waals surface area contributed by atoms with Crippen molar-refractivity contribution < 1.29 is 34.0 Å². The van der Waals surface area contributed by atoms with Crippen LogP contribution in [0, 0.1) is 0 Å². The van der Waals surface area contributed by atoms with Gasteiger partial charge in [-0.2, -0.15) is 0 Å². The Balaban J connectivity index is 1.75. The number of aliphatic hydroxyl groups excluding tert-OH is 1. The number of ether oxygens (including phenoxy) is 3. The van der Waals surface area contributed by atoms with Crippen molar-refractivity contribution in [2.45, 2.75) is 19.4 Å². The van der Waals surface area contributed by atoms with E-state index in [1.54, 1.807) is 36.4 Å². The highest BCUT2D eigenvalue weighted by atomic mass is 16.5. The monoisotopic (exact) mass is 496 g/mol. The van der Waals surface area contributed by atoms with E-state index in [0.29, 0.717) is 43.2 Å². The Morgan fingerprint density at radius 1 is 1.11 bits per heavy atom. The van der Waals surface area contributed by atoms with Gasteiger partial charge in [-0.25, -0.2) is 0 Å². The van der Waals surface area contributed by atoms with Crippen molar-refractivity contribution in [3.05, 3.63) is 59.2 Å². The molecule has 0 saturated carbocycles. The van der Waals surface area contributed by atoms with E-state index in [1.807, 2.05) is 6.92 Å². The summed E-state index contributed by atoms with van der Waals surface area (Å²) in [7, 11) is 1.43. The lowest BCUT2D eigenvalue weighted by molar-refractivity contribution is -0.140. The highest BCUT2D eigenvalue weighted by Gasteiger charge is 2.46. The fourth-order valence-corrected chi connectivity index (χ4v) is 4.50. The van der Waals surface area contributed by atoms with Crippen LogP contribution in [0.3, 0.4) is 0 Å². The average molecular weight is 497 g/mol. The zero-order valence-electron chi connectivity index (χ0n) is 20.6. The number of Topliss-reactive ketones (excluding diaryl/α,β-unsaturated/α-hetero) is 1. The van der Waals surface area contributed by atoms with Gasteiger partial charge in [0.1, 0.15) is 11.5 Å². The van der Waals surface area contributed by atoms with Gasteiger partial charge in [-0.1, -0.05) is 25.1 Å². The first kappa shape index (κ1) is 25.5. The number of carbonyl (C=O) groups is 2. The largest absolute Gasteiger partial charge is 0.507 e. The molecule has 1 amide bonds.